The third-order valence-electron chi connectivity index (χ3n) is 3.11. The molecule has 0 saturated heterocycles. The van der Waals surface area contributed by atoms with Gasteiger partial charge in [-0.1, -0.05) is 50.0 Å². The Bertz CT molecular complexity index is 540. The van der Waals surface area contributed by atoms with E-state index in [0.29, 0.717) is 19.2 Å². The van der Waals surface area contributed by atoms with Crippen LogP contribution in [-0.4, -0.2) is 45.0 Å². The van der Waals surface area contributed by atoms with Gasteiger partial charge >= 0.3 is 28.3 Å². The van der Waals surface area contributed by atoms with Gasteiger partial charge in [-0.05, 0) is 18.5 Å². The molecule has 7 heteroatoms. The van der Waals surface area contributed by atoms with Crippen LogP contribution in [0.5, 0.6) is 0 Å². The van der Waals surface area contributed by atoms with Crippen LogP contribution in [0.3, 0.4) is 0 Å². The van der Waals surface area contributed by atoms with E-state index < -0.39 is 5.97 Å². The number of hydrogen-bond donors (Lipinski definition) is 2. The van der Waals surface area contributed by atoms with E-state index in [0.717, 1.165) is 0 Å². The van der Waals surface area contributed by atoms with Crippen LogP contribution in [0.2, 0.25) is 0 Å². The quantitative estimate of drug-likeness (QED) is 0.372. The molecular weight excluding hydrogens is 482 g/mol. The number of aromatic amines is 1. The molecule has 0 aliphatic carbocycles. The van der Waals surface area contributed by atoms with Crippen molar-refractivity contribution in [3.05, 3.63) is 36.0 Å². The summed E-state index contributed by atoms with van der Waals surface area (Å²) >= 11 is 0. The Morgan fingerprint density at radius 1 is 1.27 bits per heavy atom. The first-order valence-electron chi connectivity index (χ1n) is 6.97. The average molecular weight is 503 g/mol. The number of aromatic carboxylic acids is 1. The van der Waals surface area contributed by atoms with Crippen molar-refractivity contribution in [2.24, 2.45) is 0 Å². The van der Waals surface area contributed by atoms with Gasteiger partial charge in [0.15, 0.2) is 0 Å². The van der Waals surface area contributed by atoms with E-state index in [9.17, 15) is 4.79 Å². The Labute approximate surface area is 148 Å². The van der Waals surface area contributed by atoms with E-state index in [4.69, 9.17) is 5.11 Å². The minimum atomic E-state index is -0.959. The predicted molar refractivity (Wildman–Crippen MR) is 86.2 cm³/mol. The number of carbonyl (C=O) groups is 1. The standard InChI is InChI=1S/C9H6N3O2.C6H15P.Au/c13-9(14)7-3-1-2-6(4-7)8-5-10-12-11-8;1-4-7(5-2)6-3;/h1-4H,(H,13,14)(H,10,11,12);4-6H2,1-3H3;/q-1;;+1. The fourth-order valence-electron chi connectivity index (χ4n) is 1.78. The Morgan fingerprint density at radius 2 is 1.91 bits per heavy atom. The summed E-state index contributed by atoms with van der Waals surface area (Å²) in [7, 11) is 0.446. The van der Waals surface area contributed by atoms with E-state index in [1.54, 1.807) is 12.1 Å². The normalized spacial score (nSPS) is 9.64. The molecule has 0 amide bonds. The third-order valence-corrected chi connectivity index (χ3v) is 5.80. The van der Waals surface area contributed by atoms with Gasteiger partial charge in [0.2, 0.25) is 0 Å². The molecule has 0 atom stereocenters. The Morgan fingerprint density at radius 3 is 2.32 bits per heavy atom. The summed E-state index contributed by atoms with van der Waals surface area (Å²) in [4.78, 5) is 10.7. The minimum Gasteiger partial charge on any atom is -0.478 e. The Balaban J connectivity index is 0.000000478. The zero-order valence-corrected chi connectivity index (χ0v) is 16.0. The van der Waals surface area contributed by atoms with Gasteiger partial charge in [0.05, 0.1) is 0 Å². The summed E-state index contributed by atoms with van der Waals surface area (Å²) in [5.74, 6) is -0.959. The van der Waals surface area contributed by atoms with Crippen LogP contribution in [0.25, 0.3) is 11.3 Å². The van der Waals surface area contributed by atoms with E-state index in [-0.39, 0.29) is 27.9 Å². The van der Waals surface area contributed by atoms with Crippen molar-refractivity contribution in [1.29, 1.82) is 0 Å². The molecule has 0 spiro atoms. The number of benzene rings is 1. The van der Waals surface area contributed by atoms with Gasteiger partial charge in [0.25, 0.3) is 0 Å². The summed E-state index contributed by atoms with van der Waals surface area (Å²) in [5, 5.41) is 18.4. The number of nitrogens with one attached hydrogen (secondary N) is 1. The molecule has 2 aromatic rings. The summed E-state index contributed by atoms with van der Waals surface area (Å²) in [6, 6.07) is 6.48. The predicted octanol–water partition coefficient (Wildman–Crippen LogP) is 3.50. The molecule has 0 saturated carbocycles. The fourth-order valence-corrected chi connectivity index (χ4v) is 3.12. The summed E-state index contributed by atoms with van der Waals surface area (Å²) in [6.07, 6.45) is 6.87. The SMILES string of the molecule is CCP(CC)CC.O=C(O)c1cccc(-c2[c-]nn[nH]2)c1.[Au+]. The Hall–Kier alpha value is -1.000. The first-order valence-corrected chi connectivity index (χ1v) is 8.86. The summed E-state index contributed by atoms with van der Waals surface area (Å²) < 4.78 is 0. The van der Waals surface area contributed by atoms with E-state index in [1.165, 1.54) is 30.6 Å². The van der Waals surface area contributed by atoms with Gasteiger partial charge in [-0.3, -0.25) is 5.10 Å². The van der Waals surface area contributed by atoms with Crippen molar-refractivity contribution in [1.82, 2.24) is 15.4 Å². The second kappa shape index (κ2) is 11.6. The van der Waals surface area contributed by atoms with E-state index in [1.807, 2.05) is 0 Å². The topological polar surface area (TPSA) is 78.9 Å². The van der Waals surface area contributed by atoms with Crippen LogP contribution in [-0.2, 0) is 22.4 Å². The monoisotopic (exact) mass is 503 g/mol. The van der Waals surface area contributed by atoms with E-state index >= 15 is 0 Å². The molecule has 0 aliphatic heterocycles. The summed E-state index contributed by atoms with van der Waals surface area (Å²) in [6.45, 7) is 6.87. The molecule has 0 bridgehead atoms. The van der Waals surface area contributed by atoms with Crippen molar-refractivity contribution in [2.75, 3.05) is 18.5 Å². The maximum Gasteiger partial charge on any atom is 1.00 e. The zero-order chi connectivity index (χ0) is 15.7. The number of carboxylic acids is 1. The van der Waals surface area contributed by atoms with Crippen LogP contribution in [0, 0.1) is 6.20 Å². The molecule has 0 fully saturated rings. The smallest absolute Gasteiger partial charge is 0.478 e. The van der Waals surface area contributed by atoms with Crippen molar-refractivity contribution in [2.45, 2.75) is 20.8 Å². The van der Waals surface area contributed by atoms with E-state index in [2.05, 4.69) is 42.4 Å². The third kappa shape index (κ3) is 6.84. The number of aromatic nitrogens is 3. The van der Waals surface area contributed by atoms with Crippen LogP contribution in [0.15, 0.2) is 24.3 Å². The molecule has 0 unspecified atom stereocenters. The van der Waals surface area contributed by atoms with Gasteiger partial charge in [-0.2, -0.15) is 0 Å². The molecule has 0 aliphatic rings. The van der Waals surface area contributed by atoms with Gasteiger partial charge in [-0.15, -0.1) is 25.6 Å². The second-order valence-corrected chi connectivity index (χ2v) is 7.54. The van der Waals surface area contributed by atoms with Crippen molar-refractivity contribution in [3.63, 3.8) is 0 Å². The first kappa shape index (κ1) is 21.0. The number of H-pyrrole nitrogens is 1. The molecule has 2 rings (SSSR count). The van der Waals surface area contributed by atoms with Crippen molar-refractivity contribution in [3.8, 4) is 11.3 Å². The minimum absolute atomic E-state index is 0. The van der Waals surface area contributed by atoms with Gasteiger partial charge in [0, 0.05) is 5.56 Å². The van der Waals surface area contributed by atoms with Gasteiger partial charge in [-0.25, -0.2) is 9.89 Å². The number of carboxylic acid groups (broad SMARTS) is 1. The summed E-state index contributed by atoms with van der Waals surface area (Å²) in [5.41, 5.74) is 1.51. The molecule has 1 heterocycles. The number of nitrogens with zero attached hydrogens (tertiary/aromatic N) is 2. The zero-order valence-electron chi connectivity index (χ0n) is 12.9. The maximum absolute atomic E-state index is 10.7. The van der Waals surface area contributed by atoms with Crippen LogP contribution >= 0.6 is 7.92 Å². The largest absolute Gasteiger partial charge is 1.00 e. The number of rotatable bonds is 5. The second-order valence-electron chi connectivity index (χ2n) is 4.30. The molecular formula is C15H21AuN3O2P. The van der Waals surface area contributed by atoms with Crippen LogP contribution in [0.1, 0.15) is 31.1 Å². The molecule has 2 N–H and O–H groups in total. The molecule has 1 aromatic heterocycles. The molecule has 124 valence electrons. The molecule has 0 radical (unpaired) electrons. The average Bonchev–Trinajstić information content (AvgIpc) is 3.04. The molecule has 5 nitrogen and oxygen atoms in total. The maximum atomic E-state index is 10.7. The number of hydrogen-bond acceptors (Lipinski definition) is 3. The van der Waals surface area contributed by atoms with Crippen LogP contribution in [0.4, 0.5) is 0 Å². The van der Waals surface area contributed by atoms with Gasteiger partial charge in [0.1, 0.15) is 0 Å². The van der Waals surface area contributed by atoms with Crippen LogP contribution < -0.4 is 0 Å². The van der Waals surface area contributed by atoms with Gasteiger partial charge < -0.3 is 5.11 Å². The fraction of sp³-hybridized carbons (Fsp3) is 0.400. The molecule has 1 aromatic carbocycles. The first-order chi connectivity index (χ1) is 10.1. The van der Waals surface area contributed by atoms with Crippen molar-refractivity contribution >= 4 is 13.9 Å². The molecule has 22 heavy (non-hydrogen) atoms. The van der Waals surface area contributed by atoms with Crippen molar-refractivity contribution < 1.29 is 32.3 Å². The Kier molecular flexibility index (Phi) is 11.0.